The fourth-order valence-corrected chi connectivity index (χ4v) is 2.71. The van der Waals surface area contributed by atoms with Crippen LogP contribution in [0.4, 0.5) is 4.79 Å². The van der Waals surface area contributed by atoms with Gasteiger partial charge in [0.05, 0.1) is 6.61 Å². The smallest absolute Gasteiger partial charge is 0.325 e. The van der Waals surface area contributed by atoms with Gasteiger partial charge in [-0.25, -0.2) is 4.79 Å². The molecule has 20 heavy (non-hydrogen) atoms. The van der Waals surface area contributed by atoms with Crippen molar-refractivity contribution in [1.29, 1.82) is 0 Å². The summed E-state index contributed by atoms with van der Waals surface area (Å²) in [6, 6.07) is 0.595. The van der Waals surface area contributed by atoms with Crippen LogP contribution in [0.1, 0.15) is 46.0 Å². The molecule has 1 fully saturated rings. The zero-order valence-electron chi connectivity index (χ0n) is 12.6. The number of nitrogens with one attached hydrogen (secondary N) is 1. The number of likely N-dealkylation sites (tertiary alicyclic amines) is 1. The second kappa shape index (κ2) is 8.79. The van der Waals surface area contributed by atoms with Crippen LogP contribution in [-0.4, -0.2) is 48.7 Å². The highest BCUT2D eigenvalue weighted by Gasteiger charge is 2.23. The molecule has 0 aromatic carbocycles. The van der Waals surface area contributed by atoms with Gasteiger partial charge in [0.25, 0.3) is 0 Å². The van der Waals surface area contributed by atoms with Gasteiger partial charge in [0.15, 0.2) is 0 Å². The molecule has 3 N–H and O–H groups in total. The maximum atomic E-state index is 11.2. The van der Waals surface area contributed by atoms with E-state index in [1.54, 1.807) is 0 Å². The molecule has 6 heteroatoms. The van der Waals surface area contributed by atoms with Crippen molar-refractivity contribution in [2.24, 2.45) is 5.73 Å². The Balaban J connectivity index is 2.06. The maximum Gasteiger partial charge on any atom is 0.325 e. The molecule has 1 aliphatic rings. The number of urea groups is 1. The van der Waals surface area contributed by atoms with Crippen LogP contribution in [0, 0.1) is 0 Å². The first-order valence-electron chi connectivity index (χ1n) is 7.45. The van der Waals surface area contributed by atoms with Gasteiger partial charge in [0, 0.05) is 12.1 Å². The highest BCUT2D eigenvalue weighted by molar-refractivity contribution is 5.79. The fourth-order valence-electron chi connectivity index (χ4n) is 2.71. The molecule has 1 aliphatic heterocycles. The molecule has 0 aromatic heterocycles. The van der Waals surface area contributed by atoms with Crippen LogP contribution in [0.3, 0.4) is 0 Å². The first-order chi connectivity index (χ1) is 9.50. The van der Waals surface area contributed by atoms with Crippen LogP contribution in [0.5, 0.6) is 0 Å². The molecule has 1 heterocycles. The summed E-state index contributed by atoms with van der Waals surface area (Å²) < 4.78 is 5.01. The van der Waals surface area contributed by atoms with Gasteiger partial charge < -0.3 is 15.8 Å². The van der Waals surface area contributed by atoms with Gasteiger partial charge in [-0.2, -0.15) is 0 Å². The summed E-state index contributed by atoms with van der Waals surface area (Å²) in [5.41, 5.74) is 4.86. The second-order valence-corrected chi connectivity index (χ2v) is 5.51. The molecule has 1 rings (SSSR count). The van der Waals surface area contributed by atoms with Crippen LogP contribution >= 0.6 is 0 Å². The summed E-state index contributed by atoms with van der Waals surface area (Å²) in [6.45, 7) is 5.86. The molecule has 0 aliphatic carbocycles. The van der Waals surface area contributed by atoms with E-state index in [1.807, 2.05) is 0 Å². The van der Waals surface area contributed by atoms with E-state index in [4.69, 9.17) is 10.5 Å². The number of nitrogens with two attached hydrogens (primary N) is 1. The first kappa shape index (κ1) is 16.8. The molecule has 0 saturated carbocycles. The first-order valence-corrected chi connectivity index (χ1v) is 7.45. The SMILES string of the molecule is CC1CCCC(C)N1CCCCOC(=O)CNC(N)=O. The largest absolute Gasteiger partial charge is 0.464 e. The zero-order chi connectivity index (χ0) is 15.0. The Morgan fingerprint density at radius 2 is 1.90 bits per heavy atom. The van der Waals surface area contributed by atoms with E-state index in [0.29, 0.717) is 18.7 Å². The average Bonchev–Trinajstić information content (AvgIpc) is 2.39. The van der Waals surface area contributed by atoms with Crippen molar-refractivity contribution in [2.75, 3.05) is 19.7 Å². The summed E-state index contributed by atoms with van der Waals surface area (Å²) in [7, 11) is 0. The summed E-state index contributed by atoms with van der Waals surface area (Å²) in [5, 5.41) is 2.21. The zero-order valence-corrected chi connectivity index (χ0v) is 12.6. The van der Waals surface area contributed by atoms with Crippen molar-refractivity contribution in [3.8, 4) is 0 Å². The molecule has 2 amide bonds. The van der Waals surface area contributed by atoms with Crippen LogP contribution in [0.2, 0.25) is 0 Å². The Kier molecular flexibility index (Phi) is 7.36. The molecule has 2 unspecified atom stereocenters. The number of primary amides is 1. The van der Waals surface area contributed by atoms with E-state index in [0.717, 1.165) is 19.4 Å². The summed E-state index contributed by atoms with van der Waals surface area (Å²) in [4.78, 5) is 24.2. The Bertz CT molecular complexity index is 313. The minimum absolute atomic E-state index is 0.157. The summed E-state index contributed by atoms with van der Waals surface area (Å²) >= 11 is 0. The molecule has 0 aromatic rings. The Morgan fingerprint density at radius 3 is 2.50 bits per heavy atom. The Hall–Kier alpha value is -1.30. The lowest BCUT2D eigenvalue weighted by molar-refractivity contribution is -0.142. The fraction of sp³-hybridized carbons (Fsp3) is 0.857. The van der Waals surface area contributed by atoms with E-state index in [-0.39, 0.29) is 6.54 Å². The number of amides is 2. The quantitative estimate of drug-likeness (QED) is 0.544. The summed E-state index contributed by atoms with van der Waals surface area (Å²) in [6.07, 6.45) is 5.74. The number of hydrogen-bond acceptors (Lipinski definition) is 4. The van der Waals surface area contributed by atoms with Gasteiger partial charge in [-0.15, -0.1) is 0 Å². The lowest BCUT2D eigenvalue weighted by atomic mass is 9.97. The Labute approximate surface area is 121 Å². The van der Waals surface area contributed by atoms with Crippen molar-refractivity contribution >= 4 is 12.0 Å². The molecule has 116 valence electrons. The van der Waals surface area contributed by atoms with E-state index in [1.165, 1.54) is 19.3 Å². The second-order valence-electron chi connectivity index (χ2n) is 5.51. The molecule has 2 atom stereocenters. The number of unbranched alkanes of at least 4 members (excludes halogenated alkanes) is 1. The van der Waals surface area contributed by atoms with Gasteiger partial charge in [-0.05, 0) is 46.1 Å². The van der Waals surface area contributed by atoms with Crippen molar-refractivity contribution in [3.05, 3.63) is 0 Å². The Morgan fingerprint density at radius 1 is 1.25 bits per heavy atom. The van der Waals surface area contributed by atoms with Crippen LogP contribution in [0.25, 0.3) is 0 Å². The summed E-state index contributed by atoms with van der Waals surface area (Å²) in [5.74, 6) is -0.441. The number of nitrogens with zero attached hydrogens (tertiary/aromatic N) is 1. The van der Waals surface area contributed by atoms with Crippen molar-refractivity contribution < 1.29 is 14.3 Å². The molecule has 6 nitrogen and oxygen atoms in total. The highest BCUT2D eigenvalue weighted by atomic mass is 16.5. The standard InChI is InChI=1S/C14H27N3O3/c1-11-6-5-7-12(2)17(11)8-3-4-9-20-13(18)10-16-14(15)19/h11-12H,3-10H2,1-2H3,(H3,15,16,19). The van der Waals surface area contributed by atoms with E-state index >= 15 is 0 Å². The maximum absolute atomic E-state index is 11.2. The van der Waals surface area contributed by atoms with E-state index < -0.39 is 12.0 Å². The van der Waals surface area contributed by atoms with Gasteiger partial charge in [-0.1, -0.05) is 6.42 Å². The van der Waals surface area contributed by atoms with Crippen LogP contribution in [0.15, 0.2) is 0 Å². The number of ether oxygens (including phenoxy) is 1. The number of esters is 1. The molecule has 0 spiro atoms. The number of piperidine rings is 1. The predicted molar refractivity (Wildman–Crippen MR) is 77.3 cm³/mol. The molecule has 0 radical (unpaired) electrons. The highest BCUT2D eigenvalue weighted by Crippen LogP contribution is 2.22. The molecule has 0 bridgehead atoms. The van der Waals surface area contributed by atoms with Crippen molar-refractivity contribution in [1.82, 2.24) is 10.2 Å². The third-order valence-electron chi connectivity index (χ3n) is 3.86. The molecular weight excluding hydrogens is 258 g/mol. The lowest BCUT2D eigenvalue weighted by Crippen LogP contribution is -2.44. The predicted octanol–water partition coefficient (Wildman–Crippen LogP) is 1.24. The van der Waals surface area contributed by atoms with E-state index in [9.17, 15) is 9.59 Å². The molecular formula is C14H27N3O3. The van der Waals surface area contributed by atoms with Gasteiger partial charge in [-0.3, -0.25) is 9.69 Å². The van der Waals surface area contributed by atoms with Crippen LogP contribution in [-0.2, 0) is 9.53 Å². The third-order valence-corrected chi connectivity index (χ3v) is 3.86. The number of hydrogen-bond donors (Lipinski definition) is 2. The minimum Gasteiger partial charge on any atom is -0.464 e. The average molecular weight is 285 g/mol. The van der Waals surface area contributed by atoms with Gasteiger partial charge in [0.1, 0.15) is 6.54 Å². The van der Waals surface area contributed by atoms with Gasteiger partial charge in [0.2, 0.25) is 0 Å². The van der Waals surface area contributed by atoms with Gasteiger partial charge >= 0.3 is 12.0 Å². The number of rotatable bonds is 7. The van der Waals surface area contributed by atoms with Crippen molar-refractivity contribution in [3.63, 3.8) is 0 Å². The number of carbonyl (C=O) groups is 2. The monoisotopic (exact) mass is 285 g/mol. The van der Waals surface area contributed by atoms with E-state index in [2.05, 4.69) is 24.1 Å². The van der Waals surface area contributed by atoms with Crippen LogP contribution < -0.4 is 11.1 Å². The number of carbonyl (C=O) groups excluding carboxylic acids is 2. The minimum atomic E-state index is -0.713. The topological polar surface area (TPSA) is 84.7 Å². The lowest BCUT2D eigenvalue weighted by Gasteiger charge is -2.39. The van der Waals surface area contributed by atoms with Crippen molar-refractivity contribution in [2.45, 2.75) is 58.0 Å². The molecule has 1 saturated heterocycles. The normalized spacial score (nSPS) is 23.3. The third kappa shape index (κ3) is 6.23.